The number of hydrogen-bond acceptors (Lipinski definition) is 5. The number of aliphatic hydroxyl groups excluding tert-OH is 1. The highest BCUT2D eigenvalue weighted by Gasteiger charge is 2.71. The number of thioether (sulfide) groups is 1. The van der Waals surface area contributed by atoms with Gasteiger partial charge in [-0.2, -0.15) is 0 Å². The molecule has 1 N–H and O–H groups in total. The summed E-state index contributed by atoms with van der Waals surface area (Å²) in [6.07, 6.45) is 8.47. The van der Waals surface area contributed by atoms with Crippen LogP contribution in [0.15, 0.2) is 127 Å². The molecule has 1 unspecified atom stereocenters. The molecule has 4 aliphatic rings. The summed E-state index contributed by atoms with van der Waals surface area (Å²) < 4.78 is -0.987. The average Bonchev–Trinajstić information content (AvgIpc) is 3.43. The van der Waals surface area contributed by atoms with Crippen molar-refractivity contribution in [2.24, 2.45) is 11.8 Å². The standard InChI is InChI=1S/C39H35N3O4S/c43-25-31(23-26-11-3-1-4-12-26)42-35-38(46)41(30-19-18-27-13-7-8-14-28(27)24-30)22-10-20-39(35)34(37(42)45)33-32(47-39)17-9-21-40(36(33)44)29-15-5-2-6-16-29/h1-20,24,31-35,43H,21-23,25H2/t31-,32-,33+,34+,35?,39+/m1/s1. The summed E-state index contributed by atoms with van der Waals surface area (Å²) in [5, 5.41) is 12.7. The van der Waals surface area contributed by atoms with Crippen molar-refractivity contribution in [3.8, 4) is 0 Å². The van der Waals surface area contributed by atoms with Crippen LogP contribution in [0.2, 0.25) is 0 Å². The van der Waals surface area contributed by atoms with Crippen molar-refractivity contribution in [3.63, 3.8) is 0 Å². The maximum Gasteiger partial charge on any atom is 0.251 e. The van der Waals surface area contributed by atoms with Crippen molar-refractivity contribution in [3.05, 3.63) is 133 Å². The minimum Gasteiger partial charge on any atom is -0.394 e. The van der Waals surface area contributed by atoms with Crippen LogP contribution in [0.1, 0.15) is 5.56 Å². The van der Waals surface area contributed by atoms with E-state index in [0.29, 0.717) is 19.5 Å². The molecule has 4 aromatic rings. The molecule has 2 fully saturated rings. The number of carbonyl (C=O) groups excluding carboxylic acids is 3. The number of rotatable bonds is 6. The second kappa shape index (κ2) is 11.9. The largest absolute Gasteiger partial charge is 0.394 e. The highest BCUT2D eigenvalue weighted by molar-refractivity contribution is 8.02. The number of benzene rings is 4. The lowest BCUT2D eigenvalue weighted by molar-refractivity contribution is -0.141. The SMILES string of the molecule is O=C1C2N([C@@H](CO)Cc3ccccc3)C(=O)[C@@H]3[C@H]4C(=O)N(c5ccccc5)CC=C[C@H]4S[C@]23C=CCN1c1ccc2ccccc2c1. The van der Waals surface area contributed by atoms with E-state index in [1.165, 1.54) is 0 Å². The Balaban J connectivity index is 1.24. The van der Waals surface area contributed by atoms with Crippen molar-refractivity contribution >= 4 is 51.6 Å². The van der Waals surface area contributed by atoms with Gasteiger partial charge >= 0.3 is 0 Å². The summed E-state index contributed by atoms with van der Waals surface area (Å²) in [5.74, 6) is -2.01. The predicted molar refractivity (Wildman–Crippen MR) is 186 cm³/mol. The third kappa shape index (κ3) is 4.81. The predicted octanol–water partition coefficient (Wildman–Crippen LogP) is 5.25. The molecule has 0 aromatic heterocycles. The van der Waals surface area contributed by atoms with Gasteiger partial charge in [0.1, 0.15) is 6.04 Å². The van der Waals surface area contributed by atoms with Gasteiger partial charge in [0, 0.05) is 29.7 Å². The van der Waals surface area contributed by atoms with E-state index in [0.717, 1.165) is 27.7 Å². The summed E-state index contributed by atoms with van der Waals surface area (Å²) in [6.45, 7) is 0.438. The second-order valence-corrected chi connectivity index (χ2v) is 14.2. The van der Waals surface area contributed by atoms with Crippen molar-refractivity contribution in [2.75, 3.05) is 29.5 Å². The molecule has 1 spiro atoms. The van der Waals surface area contributed by atoms with Gasteiger partial charge in [0.15, 0.2) is 0 Å². The zero-order chi connectivity index (χ0) is 32.1. The van der Waals surface area contributed by atoms with E-state index in [9.17, 15) is 14.7 Å². The molecule has 0 bridgehead atoms. The topological polar surface area (TPSA) is 81.2 Å². The van der Waals surface area contributed by atoms with E-state index >= 15 is 4.79 Å². The molecule has 0 saturated carbocycles. The Bertz CT molecular complexity index is 1910. The Labute approximate surface area is 278 Å². The number of aliphatic hydroxyl groups is 1. The molecule has 47 heavy (non-hydrogen) atoms. The van der Waals surface area contributed by atoms with Gasteiger partial charge in [-0.05, 0) is 47.0 Å². The highest BCUT2D eigenvalue weighted by Crippen LogP contribution is 2.61. The molecule has 6 atom stereocenters. The highest BCUT2D eigenvalue weighted by atomic mass is 32.2. The number of para-hydroxylation sites is 1. The summed E-state index contributed by atoms with van der Waals surface area (Å²) in [4.78, 5) is 49.7. The molecule has 0 aliphatic carbocycles. The first-order chi connectivity index (χ1) is 23.0. The molecule has 4 heterocycles. The number of fused-ring (bicyclic) bond motifs is 3. The molecule has 8 rings (SSSR count). The monoisotopic (exact) mass is 641 g/mol. The molecule has 8 heteroatoms. The van der Waals surface area contributed by atoms with Crippen molar-refractivity contribution in [2.45, 2.75) is 28.5 Å². The molecule has 0 radical (unpaired) electrons. The number of anilines is 2. The lowest BCUT2D eigenvalue weighted by Gasteiger charge is -2.38. The third-order valence-corrected chi connectivity index (χ3v) is 11.9. The molecule has 4 aliphatic heterocycles. The number of nitrogens with zero attached hydrogens (tertiary/aromatic N) is 3. The van der Waals surface area contributed by atoms with Crippen LogP contribution in [-0.4, -0.2) is 69.5 Å². The normalized spacial score (nSPS) is 27.4. The van der Waals surface area contributed by atoms with Crippen LogP contribution in [0.4, 0.5) is 11.4 Å². The number of hydrogen-bond donors (Lipinski definition) is 1. The van der Waals surface area contributed by atoms with Crippen LogP contribution in [0.25, 0.3) is 10.8 Å². The number of likely N-dealkylation sites (tertiary alicyclic amines) is 1. The average molecular weight is 642 g/mol. The van der Waals surface area contributed by atoms with Crippen LogP contribution in [0.3, 0.4) is 0 Å². The minimum absolute atomic E-state index is 0.116. The third-order valence-electron chi connectivity index (χ3n) is 10.1. The van der Waals surface area contributed by atoms with Crippen LogP contribution >= 0.6 is 11.8 Å². The van der Waals surface area contributed by atoms with Crippen LogP contribution in [0, 0.1) is 11.8 Å². The fourth-order valence-electron chi connectivity index (χ4n) is 8.02. The van der Waals surface area contributed by atoms with Crippen molar-refractivity contribution < 1.29 is 19.5 Å². The fraction of sp³-hybridized carbons (Fsp3) is 0.256. The molecule has 4 aromatic carbocycles. The van der Waals surface area contributed by atoms with Gasteiger partial charge in [-0.15, -0.1) is 11.8 Å². The van der Waals surface area contributed by atoms with E-state index in [4.69, 9.17) is 0 Å². The van der Waals surface area contributed by atoms with Crippen LogP contribution < -0.4 is 9.80 Å². The smallest absolute Gasteiger partial charge is 0.251 e. The quantitative estimate of drug-likeness (QED) is 0.291. The second-order valence-electron chi connectivity index (χ2n) is 12.7. The van der Waals surface area contributed by atoms with Gasteiger partial charge in [0.05, 0.1) is 29.2 Å². The van der Waals surface area contributed by atoms with Gasteiger partial charge in [0.2, 0.25) is 11.8 Å². The molecule has 7 nitrogen and oxygen atoms in total. The lowest BCUT2D eigenvalue weighted by atomic mass is 9.78. The van der Waals surface area contributed by atoms with E-state index in [1.54, 1.807) is 26.5 Å². The maximum absolute atomic E-state index is 15.1. The zero-order valence-electron chi connectivity index (χ0n) is 25.8. The Hall–Kier alpha value is -4.66. The van der Waals surface area contributed by atoms with Crippen LogP contribution in [-0.2, 0) is 20.8 Å². The number of amides is 3. The summed E-state index contributed by atoms with van der Waals surface area (Å²) in [7, 11) is 0. The summed E-state index contributed by atoms with van der Waals surface area (Å²) in [6, 6.07) is 31.7. The Morgan fingerprint density at radius 3 is 2.19 bits per heavy atom. The van der Waals surface area contributed by atoms with Crippen molar-refractivity contribution in [1.82, 2.24) is 4.90 Å². The minimum atomic E-state index is -0.987. The van der Waals surface area contributed by atoms with E-state index < -0.39 is 28.7 Å². The van der Waals surface area contributed by atoms with E-state index in [1.807, 2.05) is 121 Å². The van der Waals surface area contributed by atoms with Gasteiger partial charge < -0.3 is 19.8 Å². The first-order valence-electron chi connectivity index (χ1n) is 16.2. The Morgan fingerprint density at radius 2 is 1.43 bits per heavy atom. The fourth-order valence-corrected chi connectivity index (χ4v) is 10.0. The lowest BCUT2D eigenvalue weighted by Crippen LogP contribution is -2.57. The molecular formula is C39H35N3O4S. The van der Waals surface area contributed by atoms with Crippen LogP contribution in [0.5, 0.6) is 0 Å². The Morgan fingerprint density at radius 1 is 0.745 bits per heavy atom. The molecule has 3 amide bonds. The summed E-state index contributed by atoms with van der Waals surface area (Å²) >= 11 is 1.56. The summed E-state index contributed by atoms with van der Waals surface area (Å²) in [5.41, 5.74) is 2.49. The Kier molecular flexibility index (Phi) is 7.50. The first kappa shape index (κ1) is 29.7. The van der Waals surface area contributed by atoms with Gasteiger partial charge in [-0.1, -0.05) is 103 Å². The van der Waals surface area contributed by atoms with Crippen molar-refractivity contribution in [1.29, 1.82) is 0 Å². The van der Waals surface area contributed by atoms with Gasteiger partial charge in [0.25, 0.3) is 5.91 Å². The maximum atomic E-state index is 15.1. The zero-order valence-corrected chi connectivity index (χ0v) is 26.6. The van der Waals surface area contributed by atoms with E-state index in [-0.39, 0.29) is 29.6 Å². The molecule has 2 saturated heterocycles. The van der Waals surface area contributed by atoms with Gasteiger partial charge in [-0.3, -0.25) is 14.4 Å². The number of carbonyl (C=O) groups is 3. The first-order valence-corrected chi connectivity index (χ1v) is 17.0. The van der Waals surface area contributed by atoms with E-state index in [2.05, 4.69) is 6.08 Å². The van der Waals surface area contributed by atoms with Gasteiger partial charge in [-0.25, -0.2) is 0 Å². The molecule has 236 valence electrons. The molecular weight excluding hydrogens is 607 g/mol.